The molecule has 0 unspecified atom stereocenters. The Morgan fingerprint density at radius 1 is 1.36 bits per heavy atom. The minimum Gasteiger partial charge on any atom is -0.357 e. The maximum Gasteiger partial charge on any atom is 0.242 e. The van der Waals surface area contributed by atoms with E-state index in [1.807, 2.05) is 24.6 Å². The molecule has 0 spiro atoms. The second-order valence-electron chi connectivity index (χ2n) is 5.54. The van der Waals surface area contributed by atoms with E-state index in [-0.39, 0.29) is 17.7 Å². The van der Waals surface area contributed by atoms with Crippen molar-refractivity contribution < 1.29 is 9.59 Å². The Bertz CT molecular complexity index is 461. The molecule has 0 aromatic carbocycles. The zero-order valence-electron chi connectivity index (χ0n) is 13.6. The summed E-state index contributed by atoms with van der Waals surface area (Å²) in [7, 11) is 1.56. The standard InChI is InChI=1S/C15H27N5O2/c1-4-11(2)13(15(22)17-3)19-14(21)12(16)6-5-8-20-9-7-18-10-20/h7,9-13H,4-6,8,16H2,1-3H3,(H,17,22)(H,19,21)/t11-,12-,13-/m0/s1. The first kappa shape index (κ1) is 18.2. The molecule has 1 heterocycles. The Hall–Kier alpha value is -1.89. The van der Waals surface area contributed by atoms with E-state index in [1.165, 1.54) is 0 Å². The number of aromatic nitrogens is 2. The van der Waals surface area contributed by atoms with Crippen LogP contribution in [0.15, 0.2) is 18.7 Å². The summed E-state index contributed by atoms with van der Waals surface area (Å²) < 4.78 is 1.94. The highest BCUT2D eigenvalue weighted by atomic mass is 16.2. The molecule has 0 aliphatic heterocycles. The molecule has 1 aromatic heterocycles. The van der Waals surface area contributed by atoms with Crippen LogP contribution in [0.1, 0.15) is 33.1 Å². The summed E-state index contributed by atoms with van der Waals surface area (Å²) in [5.74, 6) is -0.408. The molecule has 2 amide bonds. The third-order valence-electron chi connectivity index (χ3n) is 3.87. The summed E-state index contributed by atoms with van der Waals surface area (Å²) in [6.45, 7) is 4.69. The van der Waals surface area contributed by atoms with Crippen molar-refractivity contribution in [3.63, 3.8) is 0 Å². The third-order valence-corrected chi connectivity index (χ3v) is 3.87. The van der Waals surface area contributed by atoms with Gasteiger partial charge in [-0.25, -0.2) is 4.98 Å². The normalized spacial score (nSPS) is 14.9. The number of rotatable bonds is 9. The number of hydrogen-bond donors (Lipinski definition) is 3. The van der Waals surface area contributed by atoms with Crippen LogP contribution in [0.3, 0.4) is 0 Å². The van der Waals surface area contributed by atoms with Gasteiger partial charge in [0.1, 0.15) is 6.04 Å². The van der Waals surface area contributed by atoms with Crippen LogP contribution in [-0.2, 0) is 16.1 Å². The van der Waals surface area contributed by atoms with Crippen LogP contribution in [0.25, 0.3) is 0 Å². The molecule has 0 aliphatic rings. The van der Waals surface area contributed by atoms with E-state index in [1.54, 1.807) is 19.6 Å². The second kappa shape index (κ2) is 9.19. The number of carbonyl (C=O) groups excluding carboxylic acids is 2. The number of nitrogens with zero attached hydrogens (tertiary/aromatic N) is 2. The summed E-state index contributed by atoms with van der Waals surface area (Å²) in [6.07, 6.45) is 7.46. The number of likely N-dealkylation sites (N-methyl/N-ethyl adjacent to an activating group) is 1. The average Bonchev–Trinajstić information content (AvgIpc) is 3.03. The molecule has 0 fully saturated rings. The van der Waals surface area contributed by atoms with Gasteiger partial charge in [0.25, 0.3) is 0 Å². The number of amides is 2. The van der Waals surface area contributed by atoms with Crippen LogP contribution in [0.5, 0.6) is 0 Å². The van der Waals surface area contributed by atoms with Crippen LogP contribution >= 0.6 is 0 Å². The molecule has 0 saturated heterocycles. The van der Waals surface area contributed by atoms with Gasteiger partial charge >= 0.3 is 0 Å². The second-order valence-corrected chi connectivity index (χ2v) is 5.54. The van der Waals surface area contributed by atoms with Gasteiger partial charge in [0.2, 0.25) is 11.8 Å². The first-order chi connectivity index (χ1) is 10.5. The van der Waals surface area contributed by atoms with E-state index in [9.17, 15) is 9.59 Å². The van der Waals surface area contributed by atoms with E-state index in [2.05, 4.69) is 15.6 Å². The van der Waals surface area contributed by atoms with Crippen molar-refractivity contribution >= 4 is 11.8 Å². The van der Waals surface area contributed by atoms with Gasteiger partial charge in [0.15, 0.2) is 0 Å². The number of carbonyl (C=O) groups is 2. The summed E-state index contributed by atoms with van der Waals surface area (Å²) in [5.41, 5.74) is 5.92. The smallest absolute Gasteiger partial charge is 0.242 e. The predicted octanol–water partition coefficient (Wildman–Crippen LogP) is 0.268. The lowest BCUT2D eigenvalue weighted by molar-refractivity contribution is -0.130. The van der Waals surface area contributed by atoms with Gasteiger partial charge in [-0.15, -0.1) is 0 Å². The lowest BCUT2D eigenvalue weighted by atomic mass is 9.97. The number of nitrogens with one attached hydrogen (secondary N) is 2. The minimum absolute atomic E-state index is 0.0575. The zero-order chi connectivity index (χ0) is 16.5. The first-order valence-electron chi connectivity index (χ1n) is 7.72. The molecule has 22 heavy (non-hydrogen) atoms. The zero-order valence-corrected chi connectivity index (χ0v) is 13.6. The van der Waals surface area contributed by atoms with Gasteiger partial charge in [-0.2, -0.15) is 0 Å². The van der Waals surface area contributed by atoms with Crippen molar-refractivity contribution in [1.29, 1.82) is 0 Å². The largest absolute Gasteiger partial charge is 0.357 e. The van der Waals surface area contributed by atoms with Crippen LogP contribution in [0.2, 0.25) is 0 Å². The Morgan fingerprint density at radius 2 is 2.09 bits per heavy atom. The molecule has 0 saturated carbocycles. The van der Waals surface area contributed by atoms with Gasteiger partial charge < -0.3 is 20.9 Å². The number of aryl methyl sites for hydroxylation is 1. The van der Waals surface area contributed by atoms with Crippen molar-refractivity contribution in [2.24, 2.45) is 11.7 Å². The molecule has 4 N–H and O–H groups in total. The molecule has 1 rings (SSSR count). The molecule has 1 aromatic rings. The number of nitrogens with two attached hydrogens (primary N) is 1. The third kappa shape index (κ3) is 5.48. The van der Waals surface area contributed by atoms with Crippen LogP contribution in [0, 0.1) is 5.92 Å². The number of imidazole rings is 1. The van der Waals surface area contributed by atoms with Crippen molar-refractivity contribution in [1.82, 2.24) is 20.2 Å². The predicted molar refractivity (Wildman–Crippen MR) is 84.9 cm³/mol. The fourth-order valence-corrected chi connectivity index (χ4v) is 2.16. The lowest BCUT2D eigenvalue weighted by Gasteiger charge is -2.24. The monoisotopic (exact) mass is 309 g/mol. The molecule has 7 heteroatoms. The van der Waals surface area contributed by atoms with E-state index in [0.29, 0.717) is 6.42 Å². The molecule has 0 radical (unpaired) electrons. The van der Waals surface area contributed by atoms with E-state index in [4.69, 9.17) is 5.73 Å². The molecule has 0 bridgehead atoms. The number of hydrogen-bond acceptors (Lipinski definition) is 4. The Kier molecular flexibility index (Phi) is 7.59. The lowest BCUT2D eigenvalue weighted by Crippen LogP contribution is -2.53. The van der Waals surface area contributed by atoms with Crippen molar-refractivity contribution in [2.45, 2.75) is 51.7 Å². The SMILES string of the molecule is CC[C@H](C)[C@H](NC(=O)[C@@H](N)CCCn1ccnc1)C(=O)NC. The average molecular weight is 309 g/mol. The van der Waals surface area contributed by atoms with Crippen molar-refractivity contribution in [3.8, 4) is 0 Å². The minimum atomic E-state index is -0.611. The van der Waals surface area contributed by atoms with Gasteiger partial charge in [0.05, 0.1) is 12.4 Å². The van der Waals surface area contributed by atoms with Gasteiger partial charge in [-0.3, -0.25) is 9.59 Å². The van der Waals surface area contributed by atoms with Crippen molar-refractivity contribution in [3.05, 3.63) is 18.7 Å². The topological polar surface area (TPSA) is 102 Å². The molecule has 3 atom stereocenters. The fraction of sp³-hybridized carbons (Fsp3) is 0.667. The summed E-state index contributed by atoms with van der Waals surface area (Å²) in [6, 6.07) is -1.15. The van der Waals surface area contributed by atoms with Gasteiger partial charge in [-0.05, 0) is 18.8 Å². The van der Waals surface area contributed by atoms with Gasteiger partial charge in [0, 0.05) is 26.0 Å². The Labute approximate surface area is 131 Å². The highest BCUT2D eigenvalue weighted by Gasteiger charge is 2.26. The van der Waals surface area contributed by atoms with E-state index < -0.39 is 12.1 Å². The Balaban J connectivity index is 2.44. The fourth-order valence-electron chi connectivity index (χ4n) is 2.16. The van der Waals surface area contributed by atoms with Crippen LogP contribution in [-0.4, -0.2) is 40.5 Å². The van der Waals surface area contributed by atoms with E-state index in [0.717, 1.165) is 19.4 Å². The summed E-state index contributed by atoms with van der Waals surface area (Å²) in [4.78, 5) is 28.0. The Morgan fingerprint density at radius 3 is 2.64 bits per heavy atom. The maximum atomic E-state index is 12.2. The molecule has 0 aliphatic carbocycles. The molecule has 124 valence electrons. The van der Waals surface area contributed by atoms with Gasteiger partial charge in [-0.1, -0.05) is 20.3 Å². The quantitative estimate of drug-likeness (QED) is 0.609. The van der Waals surface area contributed by atoms with Crippen LogP contribution in [0.4, 0.5) is 0 Å². The summed E-state index contributed by atoms with van der Waals surface area (Å²) in [5, 5.41) is 5.35. The van der Waals surface area contributed by atoms with E-state index >= 15 is 0 Å². The highest BCUT2D eigenvalue weighted by Crippen LogP contribution is 2.08. The van der Waals surface area contributed by atoms with Crippen molar-refractivity contribution in [2.75, 3.05) is 7.05 Å². The summed E-state index contributed by atoms with van der Waals surface area (Å²) >= 11 is 0. The first-order valence-corrected chi connectivity index (χ1v) is 7.72. The highest BCUT2D eigenvalue weighted by molar-refractivity contribution is 5.89. The molecular formula is C15H27N5O2. The molecule has 7 nitrogen and oxygen atoms in total. The van der Waals surface area contributed by atoms with Crippen LogP contribution < -0.4 is 16.4 Å². The molecular weight excluding hydrogens is 282 g/mol. The maximum absolute atomic E-state index is 12.2.